The number of benzene rings is 1. The van der Waals surface area contributed by atoms with Gasteiger partial charge in [-0.15, -0.1) is 0 Å². The second-order valence-corrected chi connectivity index (χ2v) is 5.42. The lowest BCUT2D eigenvalue weighted by Crippen LogP contribution is -2.42. The van der Waals surface area contributed by atoms with Gasteiger partial charge in [-0.3, -0.25) is 0 Å². The molecule has 1 aliphatic heterocycles. The van der Waals surface area contributed by atoms with Crippen LogP contribution in [0, 0.1) is 5.92 Å². The maximum atomic E-state index is 9.08. The fraction of sp³-hybridized carbons (Fsp3) is 0.600. The van der Waals surface area contributed by atoms with Crippen molar-refractivity contribution in [2.45, 2.75) is 44.8 Å². The van der Waals surface area contributed by atoms with Crippen molar-refractivity contribution >= 4 is 5.69 Å². The van der Waals surface area contributed by atoms with Gasteiger partial charge < -0.3 is 10.0 Å². The SMILES string of the molecule is OCc1ccc(N2CCCC3CCCC32)cc1. The van der Waals surface area contributed by atoms with E-state index in [2.05, 4.69) is 17.0 Å². The van der Waals surface area contributed by atoms with Gasteiger partial charge in [0, 0.05) is 18.3 Å². The Morgan fingerprint density at radius 1 is 1.06 bits per heavy atom. The van der Waals surface area contributed by atoms with E-state index in [4.69, 9.17) is 5.11 Å². The molecule has 0 aromatic heterocycles. The third-order valence-electron chi connectivity index (χ3n) is 4.44. The molecule has 1 aromatic carbocycles. The van der Waals surface area contributed by atoms with Gasteiger partial charge in [0.05, 0.1) is 6.61 Å². The number of hydrogen-bond acceptors (Lipinski definition) is 2. The van der Waals surface area contributed by atoms with Crippen molar-refractivity contribution in [2.24, 2.45) is 5.92 Å². The Balaban J connectivity index is 1.81. The van der Waals surface area contributed by atoms with Crippen LogP contribution in [0.4, 0.5) is 5.69 Å². The van der Waals surface area contributed by atoms with E-state index in [0.717, 1.165) is 17.5 Å². The molecular formula is C15H21NO. The van der Waals surface area contributed by atoms with Crippen LogP contribution in [0.3, 0.4) is 0 Å². The zero-order chi connectivity index (χ0) is 11.7. The highest BCUT2D eigenvalue weighted by molar-refractivity contribution is 5.49. The largest absolute Gasteiger partial charge is 0.392 e. The molecule has 2 nitrogen and oxygen atoms in total. The minimum atomic E-state index is 0.145. The molecule has 2 aliphatic rings. The summed E-state index contributed by atoms with van der Waals surface area (Å²) in [7, 11) is 0. The summed E-state index contributed by atoms with van der Waals surface area (Å²) in [5, 5.41) is 9.08. The molecule has 0 bridgehead atoms. The summed E-state index contributed by atoms with van der Waals surface area (Å²) in [6.45, 7) is 1.35. The Hall–Kier alpha value is -1.02. The number of hydrogen-bond donors (Lipinski definition) is 1. The predicted octanol–water partition coefficient (Wildman–Crippen LogP) is 2.95. The van der Waals surface area contributed by atoms with E-state index < -0.39 is 0 Å². The summed E-state index contributed by atoms with van der Waals surface area (Å²) >= 11 is 0. The van der Waals surface area contributed by atoms with Crippen LogP contribution < -0.4 is 4.90 Å². The van der Waals surface area contributed by atoms with E-state index in [0.29, 0.717) is 0 Å². The van der Waals surface area contributed by atoms with Gasteiger partial charge in [0.15, 0.2) is 0 Å². The van der Waals surface area contributed by atoms with Crippen LogP contribution in [0.1, 0.15) is 37.7 Å². The molecule has 92 valence electrons. The average molecular weight is 231 g/mol. The van der Waals surface area contributed by atoms with Crippen molar-refractivity contribution < 1.29 is 5.11 Å². The number of nitrogens with zero attached hydrogens (tertiary/aromatic N) is 1. The molecule has 0 amide bonds. The Labute approximate surface area is 103 Å². The molecule has 0 spiro atoms. The van der Waals surface area contributed by atoms with Gasteiger partial charge in [0.1, 0.15) is 0 Å². The minimum absolute atomic E-state index is 0.145. The van der Waals surface area contributed by atoms with Gasteiger partial charge in [-0.2, -0.15) is 0 Å². The second-order valence-electron chi connectivity index (χ2n) is 5.42. The molecular weight excluding hydrogens is 210 g/mol. The number of aliphatic hydroxyl groups excluding tert-OH is 1. The van der Waals surface area contributed by atoms with E-state index in [1.54, 1.807) is 0 Å². The molecule has 1 heterocycles. The van der Waals surface area contributed by atoms with Crippen molar-refractivity contribution in [3.8, 4) is 0 Å². The van der Waals surface area contributed by atoms with E-state index in [1.165, 1.54) is 44.3 Å². The minimum Gasteiger partial charge on any atom is -0.392 e. The van der Waals surface area contributed by atoms with E-state index >= 15 is 0 Å². The first-order valence-electron chi connectivity index (χ1n) is 6.85. The molecule has 17 heavy (non-hydrogen) atoms. The highest BCUT2D eigenvalue weighted by Gasteiger charge is 2.34. The van der Waals surface area contributed by atoms with Gasteiger partial charge in [0.2, 0.25) is 0 Å². The molecule has 0 radical (unpaired) electrons. The fourth-order valence-electron chi connectivity index (χ4n) is 3.57. The number of fused-ring (bicyclic) bond motifs is 1. The number of aliphatic hydroxyl groups is 1. The van der Waals surface area contributed by atoms with Crippen molar-refractivity contribution in [1.29, 1.82) is 0 Å². The van der Waals surface area contributed by atoms with Crippen molar-refractivity contribution in [3.63, 3.8) is 0 Å². The molecule has 1 aromatic rings. The molecule has 3 rings (SSSR count). The summed E-state index contributed by atoms with van der Waals surface area (Å²) in [4.78, 5) is 2.60. The Morgan fingerprint density at radius 2 is 1.82 bits per heavy atom. The normalized spacial score (nSPS) is 28.2. The maximum absolute atomic E-state index is 9.08. The summed E-state index contributed by atoms with van der Waals surface area (Å²) < 4.78 is 0. The molecule has 2 fully saturated rings. The Morgan fingerprint density at radius 3 is 2.59 bits per heavy atom. The first-order valence-corrected chi connectivity index (χ1v) is 6.85. The Bertz CT molecular complexity index is 373. The first kappa shape index (κ1) is 11.1. The lowest BCUT2D eigenvalue weighted by Gasteiger charge is -2.39. The van der Waals surface area contributed by atoms with Crippen molar-refractivity contribution in [1.82, 2.24) is 0 Å². The van der Waals surface area contributed by atoms with E-state index in [-0.39, 0.29) is 6.61 Å². The third-order valence-corrected chi connectivity index (χ3v) is 4.44. The summed E-state index contributed by atoms with van der Waals surface area (Å²) in [5.74, 6) is 0.932. The van der Waals surface area contributed by atoms with Crippen molar-refractivity contribution in [2.75, 3.05) is 11.4 Å². The van der Waals surface area contributed by atoms with Crippen LogP contribution in [0.25, 0.3) is 0 Å². The molecule has 2 heteroatoms. The van der Waals surface area contributed by atoms with Gasteiger partial charge in [0.25, 0.3) is 0 Å². The monoisotopic (exact) mass is 231 g/mol. The molecule has 2 atom stereocenters. The summed E-state index contributed by atoms with van der Waals surface area (Å²) in [6, 6.07) is 9.23. The second kappa shape index (κ2) is 4.69. The van der Waals surface area contributed by atoms with Crippen LogP contribution >= 0.6 is 0 Å². The molecule has 1 saturated carbocycles. The standard InChI is InChI=1S/C15H21NO/c17-11-12-6-8-14(9-7-12)16-10-2-4-13-3-1-5-15(13)16/h6-9,13,15,17H,1-5,10-11H2. The predicted molar refractivity (Wildman–Crippen MR) is 70.1 cm³/mol. The van der Waals surface area contributed by atoms with Crippen LogP contribution in [0.2, 0.25) is 0 Å². The average Bonchev–Trinajstić information content (AvgIpc) is 2.87. The van der Waals surface area contributed by atoms with Crippen LogP contribution in [-0.2, 0) is 6.61 Å². The lowest BCUT2D eigenvalue weighted by molar-refractivity contribution is 0.282. The highest BCUT2D eigenvalue weighted by atomic mass is 16.3. The topological polar surface area (TPSA) is 23.5 Å². The summed E-state index contributed by atoms with van der Waals surface area (Å²) in [6.07, 6.45) is 6.96. The van der Waals surface area contributed by atoms with E-state index in [1.807, 2.05) is 12.1 Å². The van der Waals surface area contributed by atoms with Crippen LogP contribution in [0.15, 0.2) is 24.3 Å². The van der Waals surface area contributed by atoms with Crippen molar-refractivity contribution in [3.05, 3.63) is 29.8 Å². The van der Waals surface area contributed by atoms with E-state index in [9.17, 15) is 0 Å². The quantitative estimate of drug-likeness (QED) is 0.846. The molecule has 1 aliphatic carbocycles. The van der Waals surface area contributed by atoms with Gasteiger partial charge in [-0.05, 0) is 49.3 Å². The number of anilines is 1. The fourth-order valence-corrected chi connectivity index (χ4v) is 3.57. The van der Waals surface area contributed by atoms with Crippen LogP contribution in [0.5, 0.6) is 0 Å². The number of piperidine rings is 1. The molecule has 1 saturated heterocycles. The maximum Gasteiger partial charge on any atom is 0.0681 e. The number of rotatable bonds is 2. The third kappa shape index (κ3) is 2.06. The first-order chi connectivity index (χ1) is 8.38. The van der Waals surface area contributed by atoms with Gasteiger partial charge in [-0.1, -0.05) is 18.6 Å². The molecule has 1 N–H and O–H groups in total. The van der Waals surface area contributed by atoms with Gasteiger partial charge >= 0.3 is 0 Å². The Kier molecular flexibility index (Phi) is 3.06. The highest BCUT2D eigenvalue weighted by Crippen LogP contribution is 2.39. The zero-order valence-corrected chi connectivity index (χ0v) is 10.3. The van der Waals surface area contributed by atoms with Gasteiger partial charge in [-0.25, -0.2) is 0 Å². The lowest BCUT2D eigenvalue weighted by atomic mass is 9.91. The smallest absolute Gasteiger partial charge is 0.0681 e. The zero-order valence-electron chi connectivity index (χ0n) is 10.3. The summed E-state index contributed by atoms with van der Waals surface area (Å²) in [5.41, 5.74) is 2.35. The van der Waals surface area contributed by atoms with Crippen LogP contribution in [-0.4, -0.2) is 17.7 Å². The molecule has 2 unspecified atom stereocenters.